The quantitative estimate of drug-likeness (QED) is 0.667. The topological polar surface area (TPSA) is 64.4 Å². The van der Waals surface area contributed by atoms with Crippen LogP contribution in [-0.4, -0.2) is 23.6 Å². The molecule has 1 aromatic carbocycles. The summed E-state index contributed by atoms with van der Waals surface area (Å²) in [6.45, 7) is 11.1. The third kappa shape index (κ3) is 2.88. The molecule has 2 unspecified atom stereocenters. The maximum atomic E-state index is 11.1. The third-order valence-corrected chi connectivity index (χ3v) is 4.59. The smallest absolute Gasteiger partial charge is 0.276 e. The molecule has 0 spiro atoms. The second kappa shape index (κ2) is 5.64. The monoisotopic (exact) mass is 292 g/mol. The molecule has 1 saturated carbocycles. The van der Waals surface area contributed by atoms with E-state index in [1.807, 2.05) is 13.0 Å². The number of nitrogens with zero attached hydrogens (tertiary/aromatic N) is 1. The fourth-order valence-electron chi connectivity index (χ4n) is 2.98. The van der Waals surface area contributed by atoms with Crippen LogP contribution in [0.3, 0.4) is 0 Å². The van der Waals surface area contributed by atoms with E-state index in [1.165, 1.54) is 0 Å². The van der Waals surface area contributed by atoms with Crippen LogP contribution in [0, 0.1) is 29.4 Å². The van der Waals surface area contributed by atoms with E-state index in [0.29, 0.717) is 17.4 Å². The average Bonchev–Trinajstić information content (AvgIpc) is 2.39. The molecule has 5 nitrogen and oxygen atoms in total. The predicted molar refractivity (Wildman–Crippen MR) is 82.8 cm³/mol. The predicted octanol–water partition coefficient (Wildman–Crippen LogP) is 3.37. The zero-order chi connectivity index (χ0) is 15.8. The average molecular weight is 292 g/mol. The van der Waals surface area contributed by atoms with Gasteiger partial charge in [0.15, 0.2) is 0 Å². The van der Waals surface area contributed by atoms with Gasteiger partial charge in [-0.1, -0.05) is 20.8 Å². The fourth-order valence-corrected chi connectivity index (χ4v) is 2.98. The van der Waals surface area contributed by atoms with Gasteiger partial charge in [0.2, 0.25) is 0 Å². The van der Waals surface area contributed by atoms with E-state index in [2.05, 4.69) is 26.1 Å². The van der Waals surface area contributed by atoms with Gasteiger partial charge in [0, 0.05) is 23.4 Å². The SMILES string of the molecule is CCNC1CC(Oc2cc([N+](=O)[O-])c(C)cc2C)C1(C)C. The Bertz CT molecular complexity index is 555. The largest absolute Gasteiger partial charge is 0.489 e. The van der Waals surface area contributed by atoms with Crippen LogP contribution < -0.4 is 10.1 Å². The van der Waals surface area contributed by atoms with Crippen LogP contribution in [0.2, 0.25) is 0 Å². The number of nitro benzene ring substituents is 1. The van der Waals surface area contributed by atoms with Crippen molar-refractivity contribution in [3.63, 3.8) is 0 Å². The molecule has 1 N–H and O–H groups in total. The first-order valence-electron chi connectivity index (χ1n) is 7.43. The first-order valence-corrected chi connectivity index (χ1v) is 7.43. The minimum Gasteiger partial charge on any atom is -0.489 e. The molecule has 116 valence electrons. The van der Waals surface area contributed by atoms with Crippen LogP contribution in [0.5, 0.6) is 5.75 Å². The Balaban J connectivity index is 2.18. The summed E-state index contributed by atoms with van der Waals surface area (Å²) in [5, 5.41) is 14.5. The van der Waals surface area contributed by atoms with Crippen molar-refractivity contribution in [1.82, 2.24) is 5.32 Å². The molecule has 0 aromatic heterocycles. The highest BCUT2D eigenvalue weighted by atomic mass is 16.6. The lowest BCUT2D eigenvalue weighted by Gasteiger charge is -2.51. The van der Waals surface area contributed by atoms with Crippen molar-refractivity contribution in [2.24, 2.45) is 5.41 Å². The molecule has 0 heterocycles. The maximum Gasteiger partial charge on any atom is 0.276 e. The lowest BCUT2D eigenvalue weighted by molar-refractivity contribution is -0.385. The van der Waals surface area contributed by atoms with Gasteiger partial charge in [-0.05, 0) is 32.0 Å². The van der Waals surface area contributed by atoms with Crippen molar-refractivity contribution in [2.45, 2.75) is 53.2 Å². The Kier molecular flexibility index (Phi) is 4.23. The zero-order valence-corrected chi connectivity index (χ0v) is 13.4. The summed E-state index contributed by atoms with van der Waals surface area (Å²) < 4.78 is 6.07. The molecule has 0 radical (unpaired) electrons. The molecule has 5 heteroatoms. The third-order valence-electron chi connectivity index (χ3n) is 4.59. The second-order valence-electron chi connectivity index (χ2n) is 6.44. The summed E-state index contributed by atoms with van der Waals surface area (Å²) in [6, 6.07) is 3.82. The van der Waals surface area contributed by atoms with Gasteiger partial charge in [0.25, 0.3) is 5.69 Å². The lowest BCUT2D eigenvalue weighted by atomic mass is 9.64. The van der Waals surface area contributed by atoms with Crippen LogP contribution in [-0.2, 0) is 0 Å². The zero-order valence-electron chi connectivity index (χ0n) is 13.4. The summed E-state index contributed by atoms with van der Waals surface area (Å²) in [4.78, 5) is 10.7. The van der Waals surface area contributed by atoms with E-state index in [1.54, 1.807) is 13.0 Å². The van der Waals surface area contributed by atoms with E-state index in [9.17, 15) is 10.1 Å². The highest BCUT2D eigenvalue weighted by Gasteiger charge is 2.49. The Labute approximate surface area is 125 Å². The summed E-state index contributed by atoms with van der Waals surface area (Å²) in [7, 11) is 0. The van der Waals surface area contributed by atoms with E-state index in [4.69, 9.17) is 4.74 Å². The van der Waals surface area contributed by atoms with Gasteiger partial charge in [0.05, 0.1) is 11.0 Å². The normalized spacial score (nSPS) is 23.5. The fraction of sp³-hybridized carbons (Fsp3) is 0.625. The van der Waals surface area contributed by atoms with E-state index < -0.39 is 0 Å². The number of nitrogens with one attached hydrogen (secondary N) is 1. The number of benzene rings is 1. The summed E-state index contributed by atoms with van der Waals surface area (Å²) in [6.07, 6.45) is 1.02. The first kappa shape index (κ1) is 15.8. The molecule has 2 rings (SSSR count). The Morgan fingerprint density at radius 1 is 1.38 bits per heavy atom. The standard InChI is InChI=1S/C16H24N2O3/c1-6-17-14-9-15(16(14,4)5)21-13-8-12(18(19)20)10(2)7-11(13)3/h7-8,14-15,17H,6,9H2,1-5H3. The van der Waals surface area contributed by atoms with Crippen LogP contribution in [0.25, 0.3) is 0 Å². The lowest BCUT2D eigenvalue weighted by Crippen LogP contribution is -2.62. The van der Waals surface area contributed by atoms with Crippen molar-refractivity contribution in [3.8, 4) is 5.75 Å². The van der Waals surface area contributed by atoms with Gasteiger partial charge in [-0.3, -0.25) is 10.1 Å². The number of ether oxygens (including phenoxy) is 1. The Morgan fingerprint density at radius 3 is 2.57 bits per heavy atom. The van der Waals surface area contributed by atoms with E-state index >= 15 is 0 Å². The molecule has 1 aliphatic rings. The van der Waals surface area contributed by atoms with Gasteiger partial charge >= 0.3 is 0 Å². The molecule has 0 saturated heterocycles. The van der Waals surface area contributed by atoms with Gasteiger partial charge in [-0.2, -0.15) is 0 Å². The van der Waals surface area contributed by atoms with Gasteiger partial charge < -0.3 is 10.1 Å². The van der Waals surface area contributed by atoms with Crippen molar-refractivity contribution in [3.05, 3.63) is 33.4 Å². The van der Waals surface area contributed by atoms with Gasteiger partial charge in [-0.25, -0.2) is 0 Å². The highest BCUT2D eigenvalue weighted by Crippen LogP contribution is 2.44. The number of aryl methyl sites for hydroxylation is 2. The highest BCUT2D eigenvalue weighted by molar-refractivity contribution is 5.49. The number of nitro groups is 1. The summed E-state index contributed by atoms with van der Waals surface area (Å²) in [5.41, 5.74) is 1.77. The molecule has 1 aromatic rings. The van der Waals surface area contributed by atoms with Crippen LogP contribution >= 0.6 is 0 Å². The molecular formula is C16H24N2O3. The summed E-state index contributed by atoms with van der Waals surface area (Å²) >= 11 is 0. The molecule has 1 fully saturated rings. The summed E-state index contributed by atoms with van der Waals surface area (Å²) in [5.74, 6) is 0.625. The molecule has 2 atom stereocenters. The molecule has 1 aliphatic carbocycles. The number of hydrogen-bond acceptors (Lipinski definition) is 4. The van der Waals surface area contributed by atoms with E-state index in [-0.39, 0.29) is 22.1 Å². The maximum absolute atomic E-state index is 11.1. The minimum atomic E-state index is -0.352. The van der Waals surface area contributed by atoms with Crippen LogP contribution in [0.15, 0.2) is 12.1 Å². The number of rotatable bonds is 5. The number of hydrogen-bond donors (Lipinski definition) is 1. The van der Waals surface area contributed by atoms with Gasteiger partial charge in [0.1, 0.15) is 11.9 Å². The minimum absolute atomic E-state index is 0.0299. The van der Waals surface area contributed by atoms with Crippen molar-refractivity contribution < 1.29 is 9.66 Å². The van der Waals surface area contributed by atoms with Crippen molar-refractivity contribution >= 4 is 5.69 Å². The Morgan fingerprint density at radius 2 is 2.05 bits per heavy atom. The van der Waals surface area contributed by atoms with Crippen LogP contribution in [0.4, 0.5) is 5.69 Å². The molecule has 0 bridgehead atoms. The van der Waals surface area contributed by atoms with Gasteiger partial charge in [-0.15, -0.1) is 0 Å². The molecular weight excluding hydrogens is 268 g/mol. The van der Waals surface area contributed by atoms with E-state index in [0.717, 1.165) is 18.5 Å². The molecule has 0 amide bonds. The Hall–Kier alpha value is -1.62. The van der Waals surface area contributed by atoms with Crippen molar-refractivity contribution in [1.29, 1.82) is 0 Å². The molecule has 21 heavy (non-hydrogen) atoms. The van der Waals surface area contributed by atoms with Crippen LogP contribution in [0.1, 0.15) is 38.3 Å². The molecule has 0 aliphatic heterocycles. The second-order valence-corrected chi connectivity index (χ2v) is 6.44. The van der Waals surface area contributed by atoms with Crippen molar-refractivity contribution in [2.75, 3.05) is 6.54 Å². The first-order chi connectivity index (χ1) is 9.77.